The van der Waals surface area contributed by atoms with Crippen LogP contribution in [-0.2, 0) is 27.4 Å². The highest BCUT2D eigenvalue weighted by atomic mass is 16.6. The van der Waals surface area contributed by atoms with Crippen molar-refractivity contribution in [3.05, 3.63) is 84.4 Å². The van der Waals surface area contributed by atoms with Crippen LogP contribution in [0, 0.1) is 0 Å². The lowest BCUT2D eigenvalue weighted by Crippen LogP contribution is -2.42. The monoisotopic (exact) mass is 409 g/mol. The molecule has 2 aromatic rings. The summed E-state index contributed by atoms with van der Waals surface area (Å²) in [5.74, 6) is 0. The summed E-state index contributed by atoms with van der Waals surface area (Å²) < 4.78 is 18.1. The largest absolute Gasteiger partial charge is 0.444 e. The van der Waals surface area contributed by atoms with Crippen molar-refractivity contribution in [2.24, 2.45) is 0 Å². The van der Waals surface area contributed by atoms with E-state index in [0.29, 0.717) is 19.8 Å². The van der Waals surface area contributed by atoms with E-state index in [2.05, 4.69) is 6.58 Å². The minimum Gasteiger partial charge on any atom is -0.444 e. The van der Waals surface area contributed by atoms with Crippen LogP contribution in [0.25, 0.3) is 0 Å². The molecule has 1 fully saturated rings. The molecule has 0 aromatic heterocycles. The van der Waals surface area contributed by atoms with Gasteiger partial charge in [0.05, 0.1) is 25.8 Å². The third-order valence-electron chi connectivity index (χ3n) is 4.90. The van der Waals surface area contributed by atoms with Crippen LogP contribution >= 0.6 is 0 Å². The predicted octanol–water partition coefficient (Wildman–Crippen LogP) is 4.96. The molecule has 0 saturated carbocycles. The molecule has 160 valence electrons. The number of ether oxygens (including phenoxy) is 3. The zero-order chi connectivity index (χ0) is 21.6. The minimum atomic E-state index is -0.577. The summed E-state index contributed by atoms with van der Waals surface area (Å²) in [6.07, 6.45) is 0.737. The molecule has 0 spiro atoms. The van der Waals surface area contributed by atoms with Gasteiger partial charge in [-0.15, -0.1) is 6.58 Å². The Balaban J connectivity index is 1.75. The normalized spacial score (nSPS) is 21.4. The van der Waals surface area contributed by atoms with Crippen molar-refractivity contribution < 1.29 is 19.0 Å². The fourth-order valence-corrected chi connectivity index (χ4v) is 3.49. The maximum atomic E-state index is 12.8. The fourth-order valence-electron chi connectivity index (χ4n) is 3.49. The second-order valence-corrected chi connectivity index (χ2v) is 8.46. The Kier molecular flexibility index (Phi) is 7.29. The van der Waals surface area contributed by atoms with Gasteiger partial charge < -0.3 is 14.2 Å². The first-order valence-electron chi connectivity index (χ1n) is 10.3. The average Bonchev–Trinajstić information content (AvgIpc) is 3.09. The van der Waals surface area contributed by atoms with E-state index in [9.17, 15) is 4.79 Å². The highest BCUT2D eigenvalue weighted by Gasteiger charge is 2.45. The van der Waals surface area contributed by atoms with E-state index in [-0.39, 0.29) is 24.3 Å². The van der Waals surface area contributed by atoms with Crippen LogP contribution in [0.1, 0.15) is 31.9 Å². The third kappa shape index (κ3) is 5.94. The van der Waals surface area contributed by atoms with Crippen LogP contribution in [0.2, 0.25) is 0 Å². The maximum Gasteiger partial charge on any atom is 0.410 e. The van der Waals surface area contributed by atoms with Crippen LogP contribution < -0.4 is 0 Å². The van der Waals surface area contributed by atoms with Gasteiger partial charge in [-0.3, -0.25) is 4.90 Å². The van der Waals surface area contributed by atoms with Crippen molar-refractivity contribution >= 4 is 6.09 Å². The molecular weight excluding hydrogens is 378 g/mol. The number of rotatable bonds is 7. The second kappa shape index (κ2) is 9.92. The molecular formula is C25H31NO4. The van der Waals surface area contributed by atoms with Gasteiger partial charge in [0.2, 0.25) is 0 Å². The molecule has 0 unspecified atom stereocenters. The van der Waals surface area contributed by atoms with E-state index in [1.165, 1.54) is 0 Å². The first kappa shape index (κ1) is 22.1. The van der Waals surface area contributed by atoms with Crippen LogP contribution in [0.4, 0.5) is 4.79 Å². The van der Waals surface area contributed by atoms with Gasteiger partial charge in [-0.1, -0.05) is 66.7 Å². The maximum absolute atomic E-state index is 12.8. The molecule has 0 aliphatic carbocycles. The summed E-state index contributed by atoms with van der Waals surface area (Å²) in [5, 5.41) is 0. The molecule has 30 heavy (non-hydrogen) atoms. The van der Waals surface area contributed by atoms with Crippen molar-refractivity contribution in [2.75, 3.05) is 6.54 Å². The lowest BCUT2D eigenvalue weighted by molar-refractivity contribution is -0.0660. The average molecular weight is 410 g/mol. The van der Waals surface area contributed by atoms with Crippen molar-refractivity contribution in [1.29, 1.82) is 0 Å². The summed E-state index contributed by atoms with van der Waals surface area (Å²) in [6, 6.07) is 19.6. The number of carbonyl (C=O) groups is 1. The minimum absolute atomic E-state index is 0.288. The highest BCUT2D eigenvalue weighted by molar-refractivity contribution is 5.69. The number of amides is 1. The zero-order valence-electron chi connectivity index (χ0n) is 18.0. The molecule has 0 bridgehead atoms. The molecule has 0 radical (unpaired) electrons. The molecule has 3 rings (SSSR count). The molecule has 1 amide bonds. The molecule has 3 atom stereocenters. The third-order valence-corrected chi connectivity index (χ3v) is 4.90. The van der Waals surface area contributed by atoms with E-state index in [0.717, 1.165) is 11.1 Å². The number of hydrogen-bond acceptors (Lipinski definition) is 4. The number of likely N-dealkylation sites (tertiary alicyclic amines) is 1. The zero-order valence-corrected chi connectivity index (χ0v) is 18.0. The first-order valence-corrected chi connectivity index (χ1v) is 10.3. The smallest absolute Gasteiger partial charge is 0.410 e. The standard InChI is InChI=1S/C25H31NO4/c1-5-21-23(29-18-20-14-10-7-11-15-20)22(28-17-19-12-8-6-9-13-19)16-26(21)24(27)30-25(2,3)4/h5-15,21-23H,1,16-18H2,2-4H3/t21-,22+,23+/m1/s1. The molecule has 5 heteroatoms. The van der Waals surface area contributed by atoms with E-state index in [1.54, 1.807) is 11.0 Å². The Hall–Kier alpha value is -2.63. The van der Waals surface area contributed by atoms with E-state index in [4.69, 9.17) is 14.2 Å². The number of hydrogen-bond donors (Lipinski definition) is 0. The van der Waals surface area contributed by atoms with Gasteiger partial charge in [-0.05, 0) is 31.9 Å². The summed E-state index contributed by atoms with van der Waals surface area (Å²) in [4.78, 5) is 14.5. The lowest BCUT2D eigenvalue weighted by atomic mass is 10.1. The van der Waals surface area contributed by atoms with Gasteiger partial charge in [0.1, 0.15) is 17.8 Å². The van der Waals surface area contributed by atoms with E-state index in [1.807, 2.05) is 81.4 Å². The molecule has 1 saturated heterocycles. The van der Waals surface area contributed by atoms with Crippen LogP contribution in [-0.4, -0.2) is 41.4 Å². The van der Waals surface area contributed by atoms with Gasteiger partial charge in [0.25, 0.3) is 0 Å². The molecule has 5 nitrogen and oxygen atoms in total. The van der Waals surface area contributed by atoms with Crippen LogP contribution in [0.15, 0.2) is 73.3 Å². The van der Waals surface area contributed by atoms with E-state index >= 15 is 0 Å². The van der Waals surface area contributed by atoms with Crippen molar-refractivity contribution in [2.45, 2.75) is 57.8 Å². The molecule has 1 aliphatic heterocycles. The quantitative estimate of drug-likeness (QED) is 0.606. The Morgan fingerprint density at radius 1 is 1.00 bits per heavy atom. The van der Waals surface area contributed by atoms with Crippen LogP contribution in [0.5, 0.6) is 0 Å². The Bertz CT molecular complexity index is 816. The molecule has 1 heterocycles. The lowest BCUT2D eigenvalue weighted by Gasteiger charge is -2.28. The van der Waals surface area contributed by atoms with Crippen molar-refractivity contribution in [3.63, 3.8) is 0 Å². The topological polar surface area (TPSA) is 48.0 Å². The predicted molar refractivity (Wildman–Crippen MR) is 117 cm³/mol. The van der Waals surface area contributed by atoms with E-state index < -0.39 is 5.60 Å². The van der Waals surface area contributed by atoms with Gasteiger partial charge >= 0.3 is 6.09 Å². The SMILES string of the molecule is C=C[C@@H]1[C@H](OCc2ccccc2)[C@@H](OCc2ccccc2)CN1C(=O)OC(C)(C)C. The van der Waals surface area contributed by atoms with Gasteiger partial charge in [-0.25, -0.2) is 4.79 Å². The van der Waals surface area contributed by atoms with Crippen molar-refractivity contribution in [1.82, 2.24) is 4.90 Å². The number of carbonyl (C=O) groups excluding carboxylic acids is 1. The first-order chi connectivity index (χ1) is 14.4. The van der Waals surface area contributed by atoms with Crippen LogP contribution in [0.3, 0.4) is 0 Å². The summed E-state index contributed by atoms with van der Waals surface area (Å²) >= 11 is 0. The Morgan fingerprint density at radius 3 is 2.03 bits per heavy atom. The summed E-state index contributed by atoms with van der Waals surface area (Å²) in [7, 11) is 0. The van der Waals surface area contributed by atoms with Crippen molar-refractivity contribution in [3.8, 4) is 0 Å². The fraction of sp³-hybridized carbons (Fsp3) is 0.400. The number of nitrogens with zero attached hydrogens (tertiary/aromatic N) is 1. The molecule has 0 N–H and O–H groups in total. The molecule has 2 aromatic carbocycles. The Morgan fingerprint density at radius 2 is 1.53 bits per heavy atom. The second-order valence-electron chi connectivity index (χ2n) is 8.46. The Labute approximate surface area is 179 Å². The summed E-state index contributed by atoms with van der Waals surface area (Å²) in [5.41, 5.74) is 1.56. The highest BCUT2D eigenvalue weighted by Crippen LogP contribution is 2.28. The van der Waals surface area contributed by atoms with Gasteiger partial charge in [0, 0.05) is 0 Å². The number of benzene rings is 2. The van der Waals surface area contributed by atoms with Gasteiger partial charge in [-0.2, -0.15) is 0 Å². The van der Waals surface area contributed by atoms with Gasteiger partial charge in [0.15, 0.2) is 0 Å². The molecule has 1 aliphatic rings. The summed E-state index contributed by atoms with van der Waals surface area (Å²) in [6.45, 7) is 10.8.